The van der Waals surface area contributed by atoms with Crippen molar-refractivity contribution in [3.8, 4) is 28.7 Å². The minimum absolute atomic E-state index is 0.175. The van der Waals surface area contributed by atoms with Gasteiger partial charge in [0.25, 0.3) is 0 Å². The molecule has 0 aliphatic heterocycles. The molecule has 0 radical (unpaired) electrons. The fourth-order valence-electron chi connectivity index (χ4n) is 3.30. The molecular formula is C28H23NO. The number of methoxy groups -OCH3 is 1. The van der Waals surface area contributed by atoms with Crippen molar-refractivity contribution in [1.82, 2.24) is 0 Å². The van der Waals surface area contributed by atoms with Gasteiger partial charge in [0, 0.05) is 5.56 Å². The number of hydrogen-bond donors (Lipinski definition) is 1. The first-order valence-electron chi connectivity index (χ1n) is 9.95. The minimum atomic E-state index is -0.175. The summed E-state index contributed by atoms with van der Waals surface area (Å²) in [7, 11) is 1.68. The summed E-state index contributed by atoms with van der Waals surface area (Å²) in [6.07, 6.45) is 0. The molecule has 2 heteroatoms. The van der Waals surface area contributed by atoms with Gasteiger partial charge in [0.15, 0.2) is 0 Å². The number of rotatable bonds is 5. The third-order valence-corrected chi connectivity index (χ3v) is 4.89. The zero-order valence-corrected chi connectivity index (χ0v) is 16.9. The molecule has 1 N–H and O–H groups in total. The second-order valence-electron chi connectivity index (χ2n) is 6.90. The van der Waals surface area contributed by atoms with E-state index < -0.39 is 0 Å². The van der Waals surface area contributed by atoms with Crippen molar-refractivity contribution in [2.24, 2.45) is 0 Å². The molecule has 0 fully saturated rings. The van der Waals surface area contributed by atoms with E-state index in [0.717, 1.165) is 22.6 Å². The first-order chi connectivity index (χ1) is 14.8. The lowest BCUT2D eigenvalue weighted by molar-refractivity contribution is 0.416. The maximum Gasteiger partial charge on any atom is 0.141 e. The van der Waals surface area contributed by atoms with Crippen LogP contribution in [0, 0.1) is 11.8 Å². The van der Waals surface area contributed by atoms with Crippen molar-refractivity contribution < 1.29 is 4.74 Å². The lowest BCUT2D eigenvalue weighted by Crippen LogP contribution is -2.09. The molecule has 4 aromatic carbocycles. The fraction of sp³-hybridized carbons (Fsp3) is 0.0714. The highest BCUT2D eigenvalue weighted by Crippen LogP contribution is 2.29. The zero-order valence-electron chi connectivity index (χ0n) is 16.9. The Kier molecular flexibility index (Phi) is 6.13. The van der Waals surface area contributed by atoms with Gasteiger partial charge in [0.1, 0.15) is 11.8 Å². The highest BCUT2D eigenvalue weighted by molar-refractivity contribution is 5.64. The summed E-state index contributed by atoms with van der Waals surface area (Å²) in [4.78, 5) is 0. The van der Waals surface area contributed by atoms with Gasteiger partial charge >= 0.3 is 0 Å². The fourth-order valence-corrected chi connectivity index (χ4v) is 3.30. The Labute approximate surface area is 178 Å². The highest BCUT2D eigenvalue weighted by Gasteiger charge is 2.11. The van der Waals surface area contributed by atoms with E-state index in [2.05, 4.69) is 65.7 Å². The number of ether oxygens (including phenoxy) is 1. The first-order valence-corrected chi connectivity index (χ1v) is 9.95. The van der Waals surface area contributed by atoms with E-state index in [1.54, 1.807) is 7.11 Å². The van der Waals surface area contributed by atoms with Crippen molar-refractivity contribution in [3.05, 3.63) is 120 Å². The van der Waals surface area contributed by atoms with E-state index >= 15 is 0 Å². The van der Waals surface area contributed by atoms with Crippen LogP contribution in [0.4, 0.5) is 5.69 Å². The van der Waals surface area contributed by atoms with Gasteiger partial charge in [-0.05, 0) is 41.0 Å². The molecule has 0 aromatic heterocycles. The van der Waals surface area contributed by atoms with Gasteiger partial charge in [-0.15, -0.1) is 0 Å². The van der Waals surface area contributed by atoms with Gasteiger partial charge < -0.3 is 10.1 Å². The molecule has 4 rings (SSSR count). The van der Waals surface area contributed by atoms with E-state index in [9.17, 15) is 0 Å². The molecule has 2 nitrogen and oxygen atoms in total. The minimum Gasteiger partial charge on any atom is -0.495 e. The maximum absolute atomic E-state index is 5.51. The lowest BCUT2D eigenvalue weighted by Gasteiger charge is -2.18. The molecule has 0 aliphatic rings. The molecule has 0 aliphatic carbocycles. The second-order valence-corrected chi connectivity index (χ2v) is 6.90. The summed E-state index contributed by atoms with van der Waals surface area (Å²) < 4.78 is 5.51. The standard InChI is InChI=1S/C28H23NO/c1-30-28-15-9-8-14-27(28)29-26(21-16-22-10-4-2-5-11-22)25-19-17-24(18-20-25)23-12-6-3-7-13-23/h2-15,17-20,26,29H,1H3. The van der Waals surface area contributed by atoms with Crippen LogP contribution in [0.2, 0.25) is 0 Å². The van der Waals surface area contributed by atoms with Crippen LogP contribution in [0.25, 0.3) is 11.1 Å². The van der Waals surface area contributed by atoms with Crippen molar-refractivity contribution >= 4 is 5.69 Å². The lowest BCUT2D eigenvalue weighted by atomic mass is 10.0. The van der Waals surface area contributed by atoms with Crippen LogP contribution >= 0.6 is 0 Å². The SMILES string of the molecule is COc1ccccc1NC(C#Cc1ccccc1)c1ccc(-c2ccccc2)cc1. The Morgan fingerprint density at radius 3 is 1.97 bits per heavy atom. The smallest absolute Gasteiger partial charge is 0.141 e. The van der Waals surface area contributed by atoms with Crippen molar-refractivity contribution in [3.63, 3.8) is 0 Å². The third kappa shape index (κ3) is 4.71. The number of nitrogens with one attached hydrogen (secondary N) is 1. The molecule has 146 valence electrons. The van der Waals surface area contributed by atoms with Crippen LogP contribution in [-0.4, -0.2) is 7.11 Å². The van der Waals surface area contributed by atoms with Gasteiger partial charge in [-0.1, -0.05) is 96.8 Å². The Bertz CT molecular complexity index is 1140. The molecule has 0 bridgehead atoms. The summed E-state index contributed by atoms with van der Waals surface area (Å²) in [5.74, 6) is 7.48. The number of hydrogen-bond acceptors (Lipinski definition) is 2. The second kappa shape index (κ2) is 9.49. The van der Waals surface area contributed by atoms with E-state index in [0.29, 0.717) is 0 Å². The summed E-state index contributed by atoms with van der Waals surface area (Å²) in [5.41, 5.74) is 5.40. The van der Waals surface area contributed by atoms with Gasteiger partial charge in [0.05, 0.1) is 12.8 Å². The summed E-state index contributed by atoms with van der Waals surface area (Å²) in [6.45, 7) is 0. The normalized spacial score (nSPS) is 11.1. The molecule has 4 aromatic rings. The molecule has 0 saturated heterocycles. The largest absolute Gasteiger partial charge is 0.495 e. The Hall–Kier alpha value is -3.96. The summed E-state index contributed by atoms with van der Waals surface area (Å²) in [5, 5.41) is 3.55. The monoisotopic (exact) mass is 389 g/mol. The summed E-state index contributed by atoms with van der Waals surface area (Å²) in [6, 6.07) is 36.7. The number of para-hydroxylation sites is 2. The van der Waals surface area contributed by atoms with Gasteiger partial charge in [-0.3, -0.25) is 0 Å². The van der Waals surface area contributed by atoms with Crippen LogP contribution in [-0.2, 0) is 0 Å². The predicted molar refractivity (Wildman–Crippen MR) is 125 cm³/mol. The molecule has 0 heterocycles. The molecule has 1 unspecified atom stereocenters. The summed E-state index contributed by atoms with van der Waals surface area (Å²) >= 11 is 0. The highest BCUT2D eigenvalue weighted by atomic mass is 16.5. The predicted octanol–water partition coefficient (Wildman–Crippen LogP) is 6.57. The molecule has 30 heavy (non-hydrogen) atoms. The average Bonchev–Trinajstić information content (AvgIpc) is 2.83. The quantitative estimate of drug-likeness (QED) is 0.390. The molecule has 1 atom stereocenters. The van der Waals surface area contributed by atoms with Crippen LogP contribution in [0.15, 0.2) is 109 Å². The zero-order chi connectivity index (χ0) is 20.6. The Balaban J connectivity index is 1.67. The van der Waals surface area contributed by atoms with Crippen LogP contribution < -0.4 is 10.1 Å². The van der Waals surface area contributed by atoms with E-state index in [1.807, 2.05) is 60.7 Å². The van der Waals surface area contributed by atoms with Crippen LogP contribution in [0.3, 0.4) is 0 Å². The average molecular weight is 389 g/mol. The first kappa shape index (κ1) is 19.4. The molecule has 0 amide bonds. The van der Waals surface area contributed by atoms with Crippen molar-refractivity contribution in [1.29, 1.82) is 0 Å². The van der Waals surface area contributed by atoms with E-state index in [-0.39, 0.29) is 6.04 Å². The number of anilines is 1. The van der Waals surface area contributed by atoms with Gasteiger partial charge in [-0.25, -0.2) is 0 Å². The number of benzene rings is 4. The Morgan fingerprint density at radius 1 is 0.667 bits per heavy atom. The van der Waals surface area contributed by atoms with Gasteiger partial charge in [-0.2, -0.15) is 0 Å². The topological polar surface area (TPSA) is 21.3 Å². The van der Waals surface area contributed by atoms with Crippen LogP contribution in [0.5, 0.6) is 5.75 Å². The Morgan fingerprint density at radius 2 is 1.27 bits per heavy atom. The molecule has 0 spiro atoms. The van der Waals surface area contributed by atoms with E-state index in [1.165, 1.54) is 11.1 Å². The van der Waals surface area contributed by atoms with E-state index in [4.69, 9.17) is 4.74 Å². The van der Waals surface area contributed by atoms with Crippen LogP contribution in [0.1, 0.15) is 17.2 Å². The molecular weight excluding hydrogens is 366 g/mol. The van der Waals surface area contributed by atoms with Crippen molar-refractivity contribution in [2.75, 3.05) is 12.4 Å². The van der Waals surface area contributed by atoms with Gasteiger partial charge in [0.2, 0.25) is 0 Å². The third-order valence-electron chi connectivity index (χ3n) is 4.89. The maximum atomic E-state index is 5.51. The van der Waals surface area contributed by atoms with Crippen molar-refractivity contribution in [2.45, 2.75) is 6.04 Å². The molecule has 0 saturated carbocycles.